The number of nitrogens with one attached hydrogen (secondary N) is 4. The van der Waals surface area contributed by atoms with Gasteiger partial charge in [0.25, 0.3) is 5.91 Å². The van der Waals surface area contributed by atoms with Crippen molar-refractivity contribution in [2.45, 2.75) is 110 Å². The average Bonchev–Trinajstić information content (AvgIpc) is 3.58. The summed E-state index contributed by atoms with van der Waals surface area (Å²) in [6, 6.07) is 3.60. The van der Waals surface area contributed by atoms with Crippen LogP contribution in [-0.2, 0) is 24.0 Å². The van der Waals surface area contributed by atoms with E-state index in [-0.39, 0.29) is 31.3 Å². The van der Waals surface area contributed by atoms with Crippen molar-refractivity contribution < 1.29 is 28.8 Å². The molecule has 13 heteroatoms. The smallest absolute Gasteiger partial charge is 0.315 e. The first-order valence-corrected chi connectivity index (χ1v) is 16.5. The van der Waals surface area contributed by atoms with Gasteiger partial charge in [0.2, 0.25) is 17.6 Å². The predicted molar refractivity (Wildman–Crippen MR) is 174 cm³/mol. The number of carbonyl (C=O) groups excluding carboxylic acids is 5. The number of Topliss-reactive ketones (excluding diaryl/α,β-unsaturated/α-hetero) is 1. The Labute approximate surface area is 275 Å². The van der Waals surface area contributed by atoms with Crippen LogP contribution in [-0.4, -0.2) is 83.0 Å². The van der Waals surface area contributed by atoms with Gasteiger partial charge in [-0.2, -0.15) is 0 Å². The molecule has 2 aliphatic heterocycles. The van der Waals surface area contributed by atoms with E-state index < -0.39 is 58.7 Å². The number of nitrogens with zero attached hydrogens (tertiary/aromatic N) is 2. The summed E-state index contributed by atoms with van der Waals surface area (Å²) in [4.78, 5) is 74.4. The molecule has 252 valence electrons. The second-order valence-corrected chi connectivity index (χ2v) is 14.6. The van der Waals surface area contributed by atoms with Crippen molar-refractivity contribution in [3.63, 3.8) is 0 Å². The van der Waals surface area contributed by atoms with Crippen LogP contribution in [0, 0.1) is 11.3 Å². The zero-order valence-corrected chi connectivity index (χ0v) is 28.3. The molecule has 0 radical (unpaired) electrons. The molecule has 12 nitrogen and oxygen atoms in total. The molecule has 3 aliphatic rings. The Kier molecular flexibility index (Phi) is 11.0. The normalized spacial score (nSPS) is 22.1. The second kappa shape index (κ2) is 14.4. The molecular formula is C33H47ClN6O6. The van der Waals surface area contributed by atoms with E-state index in [9.17, 15) is 24.0 Å². The van der Waals surface area contributed by atoms with E-state index in [2.05, 4.69) is 26.4 Å². The van der Waals surface area contributed by atoms with Crippen molar-refractivity contribution in [1.29, 1.82) is 0 Å². The van der Waals surface area contributed by atoms with Crippen molar-refractivity contribution in [3.05, 3.63) is 34.9 Å². The number of hydrogen-bond acceptors (Lipinski definition) is 7. The van der Waals surface area contributed by atoms with Gasteiger partial charge in [-0.3, -0.25) is 19.2 Å². The Morgan fingerprint density at radius 1 is 1.13 bits per heavy atom. The third-order valence-electron chi connectivity index (χ3n) is 8.39. The van der Waals surface area contributed by atoms with Crippen molar-refractivity contribution in [2.75, 3.05) is 13.1 Å². The van der Waals surface area contributed by atoms with E-state index in [0.29, 0.717) is 30.1 Å². The molecule has 1 aliphatic carbocycles. The number of ketones is 1. The summed E-state index contributed by atoms with van der Waals surface area (Å²) in [6.07, 6.45) is 2.85. The quantitative estimate of drug-likeness (QED) is 0.252. The van der Waals surface area contributed by atoms with Crippen molar-refractivity contribution in [1.82, 2.24) is 26.2 Å². The Bertz CT molecular complexity index is 1370. The van der Waals surface area contributed by atoms with Crippen LogP contribution in [0.3, 0.4) is 0 Å². The van der Waals surface area contributed by atoms with Gasteiger partial charge in [0.05, 0.1) is 18.3 Å². The molecule has 1 aromatic carbocycles. The molecule has 0 aromatic heterocycles. The number of likely N-dealkylation sites (tertiary alicyclic amines) is 1. The van der Waals surface area contributed by atoms with Crippen LogP contribution in [0.1, 0.15) is 85.6 Å². The third kappa shape index (κ3) is 8.77. The highest BCUT2D eigenvalue weighted by molar-refractivity contribution is 6.38. The molecule has 0 unspecified atom stereocenters. The molecule has 1 saturated heterocycles. The summed E-state index contributed by atoms with van der Waals surface area (Å²) in [7, 11) is 0. The lowest BCUT2D eigenvalue weighted by Gasteiger charge is -2.35. The van der Waals surface area contributed by atoms with Gasteiger partial charge < -0.3 is 31.0 Å². The van der Waals surface area contributed by atoms with E-state index >= 15 is 0 Å². The molecule has 0 bridgehead atoms. The molecule has 4 atom stereocenters. The number of urea groups is 1. The maximum absolute atomic E-state index is 14.4. The topological polar surface area (TPSA) is 158 Å². The maximum atomic E-state index is 14.4. The molecule has 2 fully saturated rings. The third-order valence-corrected chi connectivity index (χ3v) is 8.62. The van der Waals surface area contributed by atoms with Gasteiger partial charge in [0.1, 0.15) is 12.1 Å². The summed E-state index contributed by atoms with van der Waals surface area (Å²) in [5, 5.41) is 16.0. The molecule has 1 aromatic rings. The fourth-order valence-electron chi connectivity index (χ4n) is 5.71. The van der Waals surface area contributed by atoms with E-state index in [4.69, 9.17) is 16.4 Å². The number of benzene rings is 1. The Morgan fingerprint density at radius 2 is 1.85 bits per heavy atom. The number of carbonyl (C=O) groups is 5. The molecule has 4 rings (SSSR count). The van der Waals surface area contributed by atoms with Gasteiger partial charge in [0, 0.05) is 36.0 Å². The Hall–Kier alpha value is -3.67. The second-order valence-electron chi connectivity index (χ2n) is 14.2. The van der Waals surface area contributed by atoms with Gasteiger partial charge in [-0.1, -0.05) is 76.9 Å². The van der Waals surface area contributed by atoms with Crippen LogP contribution in [0.5, 0.6) is 0 Å². The van der Waals surface area contributed by atoms with E-state index in [0.717, 1.165) is 18.4 Å². The van der Waals surface area contributed by atoms with E-state index in [1.165, 1.54) is 4.90 Å². The predicted octanol–water partition coefficient (Wildman–Crippen LogP) is 3.31. The number of oxime groups is 1. The SMILES string of the molecule is CCC[C@H](NC(=O)[C@@H]1C[C@]2(CC(c3cccc(Cl)c3)=NO2)CN1C(=O)[C@@H](NC(=O)NCC(C)C)C(C)(C)C)C(=O)C(=O)NC1CC1. The van der Waals surface area contributed by atoms with Crippen molar-refractivity contribution in [3.8, 4) is 0 Å². The Balaban J connectivity index is 1.60. The maximum Gasteiger partial charge on any atom is 0.315 e. The van der Waals surface area contributed by atoms with Crippen molar-refractivity contribution >= 4 is 46.8 Å². The molecule has 46 heavy (non-hydrogen) atoms. The molecule has 1 saturated carbocycles. The molecule has 4 N–H and O–H groups in total. The first-order valence-electron chi connectivity index (χ1n) is 16.1. The van der Waals surface area contributed by atoms with E-state index in [1.54, 1.807) is 18.2 Å². The van der Waals surface area contributed by atoms with Crippen LogP contribution in [0.15, 0.2) is 29.4 Å². The summed E-state index contributed by atoms with van der Waals surface area (Å²) < 4.78 is 0. The minimum atomic E-state index is -1.05. The highest BCUT2D eigenvalue weighted by atomic mass is 35.5. The zero-order chi connectivity index (χ0) is 33.8. The van der Waals surface area contributed by atoms with E-state index in [1.807, 2.05) is 47.6 Å². The van der Waals surface area contributed by atoms with Gasteiger partial charge >= 0.3 is 6.03 Å². The zero-order valence-electron chi connectivity index (χ0n) is 27.6. The fraction of sp³-hybridized carbons (Fsp3) is 0.636. The first kappa shape index (κ1) is 35.2. The van der Waals surface area contributed by atoms with Gasteiger partial charge in [-0.15, -0.1) is 0 Å². The highest BCUT2D eigenvalue weighted by Crippen LogP contribution is 2.40. The lowest BCUT2D eigenvalue weighted by atomic mass is 9.85. The van der Waals surface area contributed by atoms with Crippen LogP contribution < -0.4 is 21.3 Å². The molecule has 2 heterocycles. The Morgan fingerprint density at radius 3 is 2.46 bits per heavy atom. The number of hydrogen-bond donors (Lipinski definition) is 4. The molecule has 5 amide bonds. The summed E-state index contributed by atoms with van der Waals surface area (Å²) in [6.45, 7) is 11.7. The largest absolute Gasteiger partial charge is 0.387 e. The monoisotopic (exact) mass is 658 g/mol. The van der Waals surface area contributed by atoms with Crippen LogP contribution >= 0.6 is 11.6 Å². The van der Waals surface area contributed by atoms with Crippen LogP contribution in [0.4, 0.5) is 4.79 Å². The van der Waals surface area contributed by atoms with Gasteiger partial charge in [0.15, 0.2) is 5.60 Å². The highest BCUT2D eigenvalue weighted by Gasteiger charge is 2.55. The van der Waals surface area contributed by atoms with Crippen LogP contribution in [0.25, 0.3) is 0 Å². The van der Waals surface area contributed by atoms with Crippen LogP contribution in [0.2, 0.25) is 5.02 Å². The minimum Gasteiger partial charge on any atom is -0.387 e. The lowest BCUT2D eigenvalue weighted by molar-refractivity contribution is -0.144. The minimum absolute atomic E-state index is 0.00925. The first-order chi connectivity index (χ1) is 21.6. The summed E-state index contributed by atoms with van der Waals surface area (Å²) in [5.74, 6) is -2.27. The summed E-state index contributed by atoms with van der Waals surface area (Å²) >= 11 is 6.22. The number of rotatable bonds is 12. The lowest BCUT2D eigenvalue weighted by Crippen LogP contribution is -2.60. The summed E-state index contributed by atoms with van der Waals surface area (Å²) in [5.41, 5.74) is -0.346. The number of amides is 5. The number of halogens is 1. The van der Waals surface area contributed by atoms with Gasteiger partial charge in [-0.05, 0) is 42.7 Å². The molecular weight excluding hydrogens is 612 g/mol. The average molecular weight is 659 g/mol. The van der Waals surface area contributed by atoms with Crippen molar-refractivity contribution in [2.24, 2.45) is 16.5 Å². The molecule has 1 spiro atoms. The van der Waals surface area contributed by atoms with Gasteiger partial charge in [-0.25, -0.2) is 4.79 Å². The fourth-order valence-corrected chi connectivity index (χ4v) is 5.90. The standard InChI is InChI=1S/C33H47ClN6O6/c1-7-9-23(26(41)29(43)36-22-12-13-22)37-28(42)25-16-33(15-24(39-46-33)20-10-8-11-21(34)14-20)18-40(25)30(44)27(32(4,5)6)38-31(45)35-17-19(2)3/h8,10-11,14,19,22-23,25,27H,7,9,12-13,15-18H2,1-6H3,(H,36,43)(H,37,42)(H2,35,38,45)/t23-,25-,27+,33+/m0/s1.